The van der Waals surface area contributed by atoms with Crippen LogP contribution in [0.15, 0.2) is 334 Å². The van der Waals surface area contributed by atoms with E-state index in [1.807, 2.05) is 176 Å². The van der Waals surface area contributed by atoms with Crippen LogP contribution in [0.1, 0.15) is 16.7 Å². The average Bonchev–Trinajstić information content (AvgIpc) is 0.799. The van der Waals surface area contributed by atoms with Gasteiger partial charge in [0.25, 0.3) is 6.71 Å². The molecule has 17 aromatic rings. The van der Waals surface area contributed by atoms with Gasteiger partial charge in [0, 0.05) is 78.3 Å². The third-order valence-corrected chi connectivity index (χ3v) is 20.2. The summed E-state index contributed by atoms with van der Waals surface area (Å²) in [6.45, 7) is -0.318. The number of rotatable bonds is 12. The summed E-state index contributed by atoms with van der Waals surface area (Å²) in [6, 6.07) is 121. The minimum absolute atomic E-state index is 0.318. The topological polar surface area (TPSA) is 160 Å². The predicted octanol–water partition coefficient (Wildman–Crippen LogP) is 19.9. The highest BCUT2D eigenvalue weighted by molar-refractivity contribution is 7.00. The maximum Gasteiger partial charge on any atom is 0.252 e. The summed E-state index contributed by atoms with van der Waals surface area (Å²) >= 11 is 0. The number of nitriles is 3. The molecule has 106 heavy (non-hydrogen) atoms. The molecule has 19 rings (SSSR count). The van der Waals surface area contributed by atoms with Gasteiger partial charge >= 0.3 is 0 Å². The van der Waals surface area contributed by atoms with Crippen molar-refractivity contribution in [2.45, 2.75) is 0 Å². The van der Waals surface area contributed by atoms with Crippen LogP contribution in [0.3, 0.4) is 0 Å². The van der Waals surface area contributed by atoms with Crippen LogP contribution < -0.4 is 26.2 Å². The fraction of sp³-hybridized carbons (Fsp3) is 0. The quantitative estimate of drug-likeness (QED) is 0.107. The third-order valence-electron chi connectivity index (χ3n) is 20.2. The Bertz CT molecular complexity index is 6190. The maximum atomic E-state index is 10.8. The molecule has 0 amide bonds. The first-order chi connectivity index (χ1) is 52.4. The molecular weight excluding hydrogens is 1300 g/mol. The highest BCUT2D eigenvalue weighted by Crippen LogP contribution is 2.49. The van der Waals surface area contributed by atoms with Crippen molar-refractivity contribution in [1.29, 1.82) is 15.8 Å². The number of nitrogens with zero attached hydrogens (tertiary/aromatic N) is 12. The van der Waals surface area contributed by atoms with Crippen LogP contribution in [0.4, 0.5) is 34.1 Å². The Balaban J connectivity index is 0.882. The number of anilines is 6. The zero-order valence-electron chi connectivity index (χ0n) is 56.7. The number of benzene rings is 14. The summed E-state index contributed by atoms with van der Waals surface area (Å²) in [4.78, 5) is 35.9. The van der Waals surface area contributed by atoms with Crippen LogP contribution in [-0.4, -0.2) is 41.2 Å². The molecule has 12 nitrogen and oxygen atoms in total. The molecule has 0 unspecified atom stereocenters. The first-order valence-corrected chi connectivity index (χ1v) is 34.9. The first kappa shape index (κ1) is 62.1. The van der Waals surface area contributed by atoms with Gasteiger partial charge in [-0.3, -0.25) is 0 Å². The molecule has 0 radical (unpaired) electrons. The minimum Gasteiger partial charge on any atom is -0.311 e. The largest absolute Gasteiger partial charge is 0.311 e. The van der Waals surface area contributed by atoms with Crippen molar-refractivity contribution in [2.24, 2.45) is 0 Å². The molecule has 2 aliphatic rings. The monoisotopic (exact) mass is 1350 g/mol. The molecule has 0 saturated heterocycles. The van der Waals surface area contributed by atoms with Crippen LogP contribution in [0.5, 0.6) is 0 Å². The molecular formula is C93H55BN12. The van der Waals surface area contributed by atoms with Crippen molar-refractivity contribution in [1.82, 2.24) is 34.5 Å². The molecule has 0 bridgehead atoms. The van der Waals surface area contributed by atoms with E-state index >= 15 is 0 Å². The second kappa shape index (κ2) is 25.9. The number of hydrogen-bond donors (Lipinski definition) is 0. The SMILES string of the molecule is N#Cc1ccc(-n2c3ccc(-c4cc5c6c(c4)N(c4ccc(-c7ccccc7)cc4)c4cc(C#N)ccc4B6c4ccc(C#N)cc4N5c4ccc(-c5ccccc5)cc4)cc3c3cc(-c4nc(-c5ccccc5)nc(-c5ccccc5)n4)ccc32)c(-c2nc(-c3ccccc3)nc(-c3ccccc3)n2)c1. The molecule has 0 aliphatic carbocycles. The summed E-state index contributed by atoms with van der Waals surface area (Å²) < 4.78 is 2.25. The molecule has 0 fully saturated rings. The zero-order chi connectivity index (χ0) is 70.8. The standard InChI is InChI=1S/C93H55BN12/c95-56-59-33-46-82(77(49-59)93-102-90(68-27-15-5-16-28-68)99-91(103-93)69-29-17-6-18-30-69)106-80-47-38-70(52-75(80)76-53-71(39-48-81(76)106)92-100-88(66-23-11-3-12-24-66)98-89(101-92)67-25-13-4-14-26-67)72-54-85-87-86(55-72)105(74-42-36-65(37-43-74)63-21-9-2-10-22-63)84-51-61(58-97)32-45-79(84)94(87)78-44-31-60(57-96)50-83(78)104(85)73-40-34-64(35-41-73)62-19-7-1-8-20-62/h1-55H. The van der Waals surface area contributed by atoms with Gasteiger partial charge in [-0.25, -0.2) is 29.9 Å². The molecule has 14 aromatic carbocycles. The van der Waals surface area contributed by atoms with Crippen LogP contribution in [0.2, 0.25) is 0 Å². The molecule has 490 valence electrons. The second-order valence-electron chi connectivity index (χ2n) is 26.3. The van der Waals surface area contributed by atoms with E-state index in [1.54, 1.807) is 0 Å². The van der Waals surface area contributed by atoms with E-state index in [0.717, 1.165) is 139 Å². The minimum atomic E-state index is -0.318. The third kappa shape index (κ3) is 10.9. The van der Waals surface area contributed by atoms with Gasteiger partial charge in [-0.1, -0.05) is 224 Å². The van der Waals surface area contributed by atoms with E-state index in [4.69, 9.17) is 29.9 Å². The summed E-state index contributed by atoms with van der Waals surface area (Å²) in [5.41, 5.74) is 23.4. The van der Waals surface area contributed by atoms with Gasteiger partial charge in [-0.2, -0.15) is 15.8 Å². The van der Waals surface area contributed by atoms with E-state index in [2.05, 4.69) is 190 Å². The normalized spacial score (nSPS) is 11.9. The molecule has 0 saturated carbocycles. The molecule has 0 spiro atoms. The Morgan fingerprint density at radius 1 is 0.245 bits per heavy atom. The van der Waals surface area contributed by atoms with E-state index in [-0.39, 0.29) is 6.71 Å². The lowest BCUT2D eigenvalue weighted by Crippen LogP contribution is -2.61. The highest BCUT2D eigenvalue weighted by atomic mass is 15.2. The second-order valence-corrected chi connectivity index (χ2v) is 26.3. The molecule has 2 aliphatic heterocycles. The van der Waals surface area contributed by atoms with Crippen LogP contribution in [0, 0.1) is 34.0 Å². The maximum absolute atomic E-state index is 10.8. The summed E-state index contributed by atoms with van der Waals surface area (Å²) in [5.74, 6) is 2.94. The van der Waals surface area contributed by atoms with Gasteiger partial charge in [-0.05, 0) is 159 Å². The van der Waals surface area contributed by atoms with Crippen molar-refractivity contribution in [3.05, 3.63) is 350 Å². The van der Waals surface area contributed by atoms with Gasteiger partial charge < -0.3 is 14.4 Å². The number of aromatic nitrogens is 7. The van der Waals surface area contributed by atoms with Gasteiger partial charge in [0.2, 0.25) is 0 Å². The van der Waals surface area contributed by atoms with Crippen molar-refractivity contribution in [2.75, 3.05) is 9.80 Å². The first-order valence-electron chi connectivity index (χ1n) is 34.9. The van der Waals surface area contributed by atoms with E-state index < -0.39 is 0 Å². The molecule has 0 N–H and O–H groups in total. The summed E-state index contributed by atoms with van der Waals surface area (Å²) in [7, 11) is 0. The van der Waals surface area contributed by atoms with Gasteiger partial charge in [0.05, 0.1) is 51.6 Å². The lowest BCUT2D eigenvalue weighted by Gasteiger charge is -2.44. The zero-order valence-corrected chi connectivity index (χ0v) is 56.7. The van der Waals surface area contributed by atoms with Crippen molar-refractivity contribution < 1.29 is 0 Å². The van der Waals surface area contributed by atoms with Crippen molar-refractivity contribution in [3.8, 4) is 126 Å². The smallest absolute Gasteiger partial charge is 0.252 e. The molecule has 13 heteroatoms. The molecule has 0 atom stereocenters. The Morgan fingerprint density at radius 3 is 0.981 bits per heavy atom. The fourth-order valence-electron chi connectivity index (χ4n) is 15.2. The van der Waals surface area contributed by atoms with Gasteiger partial charge in [0.15, 0.2) is 34.9 Å². The lowest BCUT2D eigenvalue weighted by atomic mass is 9.33. The Morgan fingerprint density at radius 2 is 0.575 bits per heavy atom. The van der Waals surface area contributed by atoms with Crippen LogP contribution in [-0.2, 0) is 0 Å². The van der Waals surface area contributed by atoms with E-state index in [0.29, 0.717) is 57.2 Å². The summed E-state index contributed by atoms with van der Waals surface area (Å²) in [5, 5.41) is 34.2. The number of fused-ring (bicyclic) bond motifs is 7. The predicted molar refractivity (Wildman–Crippen MR) is 425 cm³/mol. The average molecular weight is 1350 g/mol. The van der Waals surface area contributed by atoms with E-state index in [9.17, 15) is 15.8 Å². The van der Waals surface area contributed by atoms with Crippen molar-refractivity contribution in [3.63, 3.8) is 0 Å². The van der Waals surface area contributed by atoms with Crippen molar-refractivity contribution >= 4 is 79.0 Å². The Kier molecular flexibility index (Phi) is 15.2. The van der Waals surface area contributed by atoms with E-state index in [1.165, 1.54) is 0 Å². The van der Waals surface area contributed by atoms with Gasteiger partial charge in [0.1, 0.15) is 0 Å². The molecule has 5 heterocycles. The highest BCUT2D eigenvalue weighted by Gasteiger charge is 2.44. The lowest BCUT2D eigenvalue weighted by molar-refractivity contribution is 1.06. The van der Waals surface area contributed by atoms with Gasteiger partial charge in [-0.15, -0.1) is 0 Å². The summed E-state index contributed by atoms with van der Waals surface area (Å²) in [6.07, 6.45) is 0. The Hall–Kier alpha value is -15.0. The Labute approximate surface area is 611 Å². The molecule has 3 aromatic heterocycles. The van der Waals surface area contributed by atoms with Crippen LogP contribution >= 0.6 is 0 Å². The fourth-order valence-corrected chi connectivity index (χ4v) is 15.2. The number of hydrogen-bond acceptors (Lipinski definition) is 11. The van der Waals surface area contributed by atoms with Crippen LogP contribution in [0.25, 0.3) is 129 Å².